The lowest BCUT2D eigenvalue weighted by Gasteiger charge is -2.13. The lowest BCUT2D eigenvalue weighted by Crippen LogP contribution is -2.10. The summed E-state index contributed by atoms with van der Waals surface area (Å²) < 4.78 is 77.5. The Morgan fingerprint density at radius 2 is 1.73 bits per heavy atom. The van der Waals surface area contributed by atoms with Gasteiger partial charge in [-0.15, -0.1) is 0 Å². The summed E-state index contributed by atoms with van der Waals surface area (Å²) in [6, 6.07) is 2.87. The first kappa shape index (κ1) is 16.3. The van der Waals surface area contributed by atoms with Crippen molar-refractivity contribution in [3.8, 4) is 11.4 Å². The first-order chi connectivity index (χ1) is 10.0. The van der Waals surface area contributed by atoms with Crippen LogP contribution in [0.5, 0.6) is 0 Å². The van der Waals surface area contributed by atoms with Crippen LogP contribution in [-0.4, -0.2) is 14.7 Å². The lowest BCUT2D eigenvalue weighted by molar-refractivity contribution is -0.141. The standard InChI is InChI=1S/C13H10F6N2O/c1-21-5-10(13(17,18)19)20-11(21)7-2-3-8(6-22)9(4-7)12(14,15)16/h2-5,22H,6H2,1H3. The topological polar surface area (TPSA) is 38.0 Å². The summed E-state index contributed by atoms with van der Waals surface area (Å²) in [5.41, 5.74) is -2.78. The van der Waals surface area contributed by atoms with Crippen LogP contribution in [0.2, 0.25) is 0 Å². The lowest BCUT2D eigenvalue weighted by atomic mass is 10.0. The molecule has 0 spiro atoms. The molecule has 1 N–H and O–H groups in total. The zero-order valence-electron chi connectivity index (χ0n) is 11.1. The molecule has 0 unspecified atom stereocenters. The highest BCUT2D eigenvalue weighted by Gasteiger charge is 2.36. The number of hydrogen-bond donors (Lipinski definition) is 1. The average Bonchev–Trinajstić information content (AvgIpc) is 2.79. The number of aryl methyl sites for hydroxylation is 1. The van der Waals surface area contributed by atoms with Gasteiger partial charge in [0.25, 0.3) is 0 Å². The van der Waals surface area contributed by atoms with Crippen LogP contribution in [0.1, 0.15) is 16.8 Å². The first-order valence-corrected chi connectivity index (χ1v) is 5.96. The Kier molecular flexibility index (Phi) is 3.94. The van der Waals surface area contributed by atoms with Gasteiger partial charge in [0.2, 0.25) is 0 Å². The molecule has 2 rings (SSSR count). The van der Waals surface area contributed by atoms with Crippen molar-refractivity contribution >= 4 is 0 Å². The number of halogens is 6. The number of rotatable bonds is 2. The molecule has 1 aromatic heterocycles. The number of aromatic nitrogens is 2. The van der Waals surface area contributed by atoms with Gasteiger partial charge in [0.15, 0.2) is 5.69 Å². The fourth-order valence-electron chi connectivity index (χ4n) is 1.99. The normalized spacial score (nSPS) is 12.7. The highest BCUT2D eigenvalue weighted by Crippen LogP contribution is 2.36. The van der Waals surface area contributed by atoms with Gasteiger partial charge in [-0.2, -0.15) is 26.3 Å². The van der Waals surface area contributed by atoms with Crippen LogP contribution >= 0.6 is 0 Å². The van der Waals surface area contributed by atoms with Crippen molar-refractivity contribution in [2.75, 3.05) is 0 Å². The summed E-state index contributed by atoms with van der Waals surface area (Å²) in [4.78, 5) is 3.34. The Labute approximate surface area is 120 Å². The SMILES string of the molecule is Cn1cc(C(F)(F)F)nc1-c1ccc(CO)c(C(F)(F)F)c1. The van der Waals surface area contributed by atoms with Gasteiger partial charge in [0.05, 0.1) is 12.2 Å². The van der Waals surface area contributed by atoms with Crippen LogP contribution < -0.4 is 0 Å². The van der Waals surface area contributed by atoms with Gasteiger partial charge in [0.1, 0.15) is 5.82 Å². The zero-order chi connectivity index (χ0) is 16.7. The molecule has 0 aliphatic heterocycles. The maximum atomic E-state index is 12.9. The molecule has 0 atom stereocenters. The maximum Gasteiger partial charge on any atom is 0.434 e. The summed E-state index contributed by atoms with van der Waals surface area (Å²) >= 11 is 0. The number of nitrogens with zero attached hydrogens (tertiary/aromatic N) is 2. The fraction of sp³-hybridized carbons (Fsp3) is 0.308. The van der Waals surface area contributed by atoms with E-state index >= 15 is 0 Å². The number of imidazole rings is 1. The van der Waals surface area contributed by atoms with Crippen LogP contribution in [0.15, 0.2) is 24.4 Å². The van der Waals surface area contributed by atoms with E-state index in [1.807, 2.05) is 0 Å². The molecule has 0 amide bonds. The molecule has 0 saturated carbocycles. The second kappa shape index (κ2) is 5.31. The fourth-order valence-corrected chi connectivity index (χ4v) is 1.99. The highest BCUT2D eigenvalue weighted by atomic mass is 19.4. The van der Waals surface area contributed by atoms with E-state index in [1.165, 1.54) is 13.1 Å². The molecule has 1 aromatic carbocycles. The van der Waals surface area contributed by atoms with Crippen LogP contribution in [0, 0.1) is 0 Å². The number of aliphatic hydroxyl groups is 1. The van der Waals surface area contributed by atoms with E-state index < -0.39 is 30.2 Å². The van der Waals surface area contributed by atoms with Gasteiger partial charge in [0, 0.05) is 18.8 Å². The number of benzene rings is 1. The van der Waals surface area contributed by atoms with Gasteiger partial charge in [-0.1, -0.05) is 12.1 Å². The molecule has 0 radical (unpaired) electrons. The number of aliphatic hydroxyl groups excluding tert-OH is 1. The quantitative estimate of drug-likeness (QED) is 0.857. The minimum Gasteiger partial charge on any atom is -0.392 e. The van der Waals surface area contributed by atoms with Gasteiger partial charge < -0.3 is 9.67 Å². The van der Waals surface area contributed by atoms with E-state index in [9.17, 15) is 26.3 Å². The van der Waals surface area contributed by atoms with Crippen LogP contribution in [0.3, 0.4) is 0 Å². The van der Waals surface area contributed by atoms with Crippen molar-refractivity contribution in [1.29, 1.82) is 0 Å². The van der Waals surface area contributed by atoms with E-state index in [-0.39, 0.29) is 17.0 Å². The highest BCUT2D eigenvalue weighted by molar-refractivity contribution is 5.59. The Hall–Kier alpha value is -2.03. The maximum absolute atomic E-state index is 12.9. The predicted molar refractivity (Wildman–Crippen MR) is 64.6 cm³/mol. The summed E-state index contributed by atoms with van der Waals surface area (Å²) in [5.74, 6) is -0.248. The minimum atomic E-state index is -4.73. The van der Waals surface area contributed by atoms with E-state index in [0.29, 0.717) is 12.3 Å². The van der Waals surface area contributed by atoms with Crippen molar-refractivity contribution < 1.29 is 31.4 Å². The third-order valence-corrected chi connectivity index (χ3v) is 3.01. The smallest absolute Gasteiger partial charge is 0.392 e. The Morgan fingerprint density at radius 3 is 2.18 bits per heavy atom. The molecule has 0 saturated heterocycles. The van der Waals surface area contributed by atoms with Crippen molar-refractivity contribution in [2.24, 2.45) is 7.05 Å². The van der Waals surface area contributed by atoms with Crippen molar-refractivity contribution in [3.05, 3.63) is 41.2 Å². The summed E-state index contributed by atoms with van der Waals surface area (Å²) in [6.07, 6.45) is -8.72. The Morgan fingerprint density at radius 1 is 1.09 bits per heavy atom. The first-order valence-electron chi connectivity index (χ1n) is 5.96. The predicted octanol–water partition coefficient (Wildman–Crippen LogP) is 3.62. The van der Waals surface area contributed by atoms with Crippen molar-refractivity contribution in [1.82, 2.24) is 9.55 Å². The molecule has 0 fully saturated rings. The van der Waals surface area contributed by atoms with E-state index in [2.05, 4.69) is 4.98 Å². The number of hydrogen-bond acceptors (Lipinski definition) is 2. The van der Waals surface area contributed by atoms with E-state index in [0.717, 1.165) is 10.6 Å². The van der Waals surface area contributed by atoms with Crippen molar-refractivity contribution in [2.45, 2.75) is 19.0 Å². The molecule has 1 heterocycles. The minimum absolute atomic E-state index is 0.123. The molecule has 0 aliphatic rings. The Balaban J connectivity index is 2.57. The average molecular weight is 324 g/mol. The molecule has 2 aromatic rings. The van der Waals surface area contributed by atoms with E-state index in [4.69, 9.17) is 5.11 Å². The summed E-state index contributed by atoms with van der Waals surface area (Å²) in [5, 5.41) is 8.94. The number of alkyl halides is 6. The van der Waals surface area contributed by atoms with E-state index in [1.54, 1.807) is 0 Å². The third-order valence-electron chi connectivity index (χ3n) is 3.01. The van der Waals surface area contributed by atoms with Gasteiger partial charge in [-0.25, -0.2) is 4.98 Å². The zero-order valence-corrected chi connectivity index (χ0v) is 11.1. The summed E-state index contributed by atoms with van der Waals surface area (Å²) in [6.45, 7) is -0.830. The third kappa shape index (κ3) is 3.08. The largest absolute Gasteiger partial charge is 0.434 e. The monoisotopic (exact) mass is 324 g/mol. The second-order valence-corrected chi connectivity index (χ2v) is 4.59. The van der Waals surface area contributed by atoms with Crippen LogP contribution in [-0.2, 0) is 26.0 Å². The van der Waals surface area contributed by atoms with Gasteiger partial charge in [-0.05, 0) is 11.6 Å². The molecular formula is C13H10F6N2O. The molecule has 3 nitrogen and oxygen atoms in total. The van der Waals surface area contributed by atoms with Gasteiger partial charge in [-0.3, -0.25) is 0 Å². The van der Waals surface area contributed by atoms with Crippen LogP contribution in [0.25, 0.3) is 11.4 Å². The molecule has 22 heavy (non-hydrogen) atoms. The molecule has 9 heteroatoms. The molecule has 120 valence electrons. The summed E-state index contributed by atoms with van der Waals surface area (Å²) in [7, 11) is 1.25. The molecule has 0 aliphatic carbocycles. The Bertz CT molecular complexity index is 687. The van der Waals surface area contributed by atoms with Crippen LogP contribution in [0.4, 0.5) is 26.3 Å². The molecular weight excluding hydrogens is 314 g/mol. The van der Waals surface area contributed by atoms with Gasteiger partial charge >= 0.3 is 12.4 Å². The second-order valence-electron chi connectivity index (χ2n) is 4.59. The molecule has 0 bridgehead atoms. The van der Waals surface area contributed by atoms with Crippen molar-refractivity contribution in [3.63, 3.8) is 0 Å².